The molecule has 2 heterocycles. The zero-order valence-corrected chi connectivity index (χ0v) is 16.9. The van der Waals surface area contributed by atoms with Gasteiger partial charge in [-0.15, -0.1) is 0 Å². The van der Waals surface area contributed by atoms with Crippen molar-refractivity contribution in [2.45, 2.75) is 32.3 Å². The molecule has 1 aromatic heterocycles. The molecule has 0 saturated carbocycles. The van der Waals surface area contributed by atoms with Crippen molar-refractivity contribution in [1.82, 2.24) is 9.88 Å². The molecule has 1 saturated heterocycles. The first-order valence-electron chi connectivity index (χ1n) is 10.2. The SMILES string of the molecule is CCOC(=O)c1ccc2oc(C3CCN(C(=O)OCc4ccccc4)CC3)nc2c1. The number of ether oxygens (including phenoxy) is 2. The summed E-state index contributed by atoms with van der Waals surface area (Å²) in [5.74, 6) is 0.399. The second kappa shape index (κ2) is 8.98. The Balaban J connectivity index is 1.34. The van der Waals surface area contributed by atoms with Crippen molar-refractivity contribution in [3.05, 3.63) is 65.5 Å². The summed E-state index contributed by atoms with van der Waals surface area (Å²) in [4.78, 5) is 30.5. The Hall–Kier alpha value is -3.35. The maximum absolute atomic E-state index is 12.3. The minimum Gasteiger partial charge on any atom is -0.462 e. The molecule has 30 heavy (non-hydrogen) atoms. The average molecular weight is 408 g/mol. The molecule has 3 aromatic rings. The molecule has 0 radical (unpaired) electrons. The molecule has 4 rings (SSSR count). The molecule has 7 nitrogen and oxygen atoms in total. The van der Waals surface area contributed by atoms with Gasteiger partial charge in [-0.3, -0.25) is 0 Å². The fourth-order valence-corrected chi connectivity index (χ4v) is 3.58. The van der Waals surface area contributed by atoms with E-state index in [0.717, 1.165) is 18.4 Å². The van der Waals surface area contributed by atoms with Crippen molar-refractivity contribution in [2.75, 3.05) is 19.7 Å². The quantitative estimate of drug-likeness (QED) is 0.577. The minimum atomic E-state index is -0.369. The van der Waals surface area contributed by atoms with Gasteiger partial charge in [-0.05, 0) is 43.5 Å². The molecule has 0 unspecified atom stereocenters. The highest BCUT2D eigenvalue weighted by atomic mass is 16.6. The zero-order chi connectivity index (χ0) is 20.9. The summed E-state index contributed by atoms with van der Waals surface area (Å²) >= 11 is 0. The van der Waals surface area contributed by atoms with Gasteiger partial charge in [-0.2, -0.15) is 0 Å². The zero-order valence-electron chi connectivity index (χ0n) is 16.9. The lowest BCUT2D eigenvalue weighted by atomic mass is 9.97. The number of likely N-dealkylation sites (tertiary alicyclic amines) is 1. The topological polar surface area (TPSA) is 81.9 Å². The first kappa shape index (κ1) is 19.9. The third-order valence-electron chi connectivity index (χ3n) is 5.22. The first-order valence-corrected chi connectivity index (χ1v) is 10.2. The number of esters is 1. The van der Waals surface area contributed by atoms with E-state index in [2.05, 4.69) is 4.98 Å². The fraction of sp³-hybridized carbons (Fsp3) is 0.348. The molecule has 2 aromatic carbocycles. The monoisotopic (exact) mass is 408 g/mol. The third-order valence-corrected chi connectivity index (χ3v) is 5.22. The van der Waals surface area contributed by atoms with Crippen molar-refractivity contribution in [1.29, 1.82) is 0 Å². The van der Waals surface area contributed by atoms with Crippen LogP contribution in [-0.4, -0.2) is 41.6 Å². The number of hydrogen-bond donors (Lipinski definition) is 0. The van der Waals surface area contributed by atoms with E-state index in [-0.39, 0.29) is 24.6 Å². The molecule has 7 heteroatoms. The van der Waals surface area contributed by atoms with Crippen LogP contribution in [0, 0.1) is 0 Å². The van der Waals surface area contributed by atoms with Crippen LogP contribution < -0.4 is 0 Å². The Morgan fingerprint density at radius 2 is 1.87 bits per heavy atom. The Labute approximate surface area is 174 Å². The molecule has 1 aliphatic heterocycles. The van der Waals surface area contributed by atoms with Crippen LogP contribution in [0.15, 0.2) is 52.9 Å². The number of oxazole rings is 1. The van der Waals surface area contributed by atoms with Gasteiger partial charge in [0.2, 0.25) is 0 Å². The standard InChI is InChI=1S/C23H24N2O5/c1-2-28-22(26)18-8-9-20-19(14-18)24-21(30-20)17-10-12-25(13-11-17)23(27)29-15-16-6-4-3-5-7-16/h3-9,14,17H,2,10-13,15H2,1H3. The summed E-state index contributed by atoms with van der Waals surface area (Å²) < 4.78 is 16.4. The van der Waals surface area contributed by atoms with E-state index in [9.17, 15) is 9.59 Å². The highest BCUT2D eigenvalue weighted by molar-refractivity contribution is 5.93. The van der Waals surface area contributed by atoms with E-state index >= 15 is 0 Å². The van der Waals surface area contributed by atoms with Crippen molar-refractivity contribution >= 4 is 23.2 Å². The number of nitrogens with zero attached hydrogens (tertiary/aromatic N) is 2. The Morgan fingerprint density at radius 1 is 1.10 bits per heavy atom. The number of carbonyl (C=O) groups is 2. The summed E-state index contributed by atoms with van der Waals surface area (Å²) in [7, 11) is 0. The molecule has 0 bridgehead atoms. The Morgan fingerprint density at radius 3 is 2.60 bits per heavy atom. The van der Waals surface area contributed by atoms with Gasteiger partial charge in [0.15, 0.2) is 11.5 Å². The van der Waals surface area contributed by atoms with Gasteiger partial charge in [0.05, 0.1) is 12.2 Å². The summed E-state index contributed by atoms with van der Waals surface area (Å²) in [6.45, 7) is 3.55. The lowest BCUT2D eigenvalue weighted by molar-refractivity contribution is 0.0526. The van der Waals surface area contributed by atoms with E-state index in [4.69, 9.17) is 13.9 Å². The predicted molar refractivity (Wildman–Crippen MR) is 110 cm³/mol. The average Bonchev–Trinajstić information content (AvgIpc) is 3.22. The maximum Gasteiger partial charge on any atom is 0.410 e. The van der Waals surface area contributed by atoms with Crippen LogP contribution in [0.3, 0.4) is 0 Å². The van der Waals surface area contributed by atoms with Crippen molar-refractivity contribution in [3.63, 3.8) is 0 Å². The van der Waals surface area contributed by atoms with Crippen molar-refractivity contribution in [3.8, 4) is 0 Å². The summed E-state index contributed by atoms with van der Waals surface area (Å²) in [5, 5.41) is 0. The summed E-state index contributed by atoms with van der Waals surface area (Å²) in [5.41, 5.74) is 2.71. The molecule has 0 spiro atoms. The minimum absolute atomic E-state index is 0.126. The van der Waals surface area contributed by atoms with Gasteiger partial charge in [0, 0.05) is 19.0 Å². The summed E-state index contributed by atoms with van der Waals surface area (Å²) in [6.07, 6.45) is 1.20. The molecular formula is C23H24N2O5. The van der Waals surface area contributed by atoms with Crippen LogP contribution in [0.2, 0.25) is 0 Å². The largest absolute Gasteiger partial charge is 0.462 e. The number of hydrogen-bond acceptors (Lipinski definition) is 6. The van der Waals surface area contributed by atoms with Crippen LogP contribution in [0.25, 0.3) is 11.1 Å². The molecular weight excluding hydrogens is 384 g/mol. The van der Waals surface area contributed by atoms with Gasteiger partial charge < -0.3 is 18.8 Å². The predicted octanol–water partition coefficient (Wildman–Crippen LogP) is 4.52. The molecule has 0 atom stereocenters. The second-order valence-corrected chi connectivity index (χ2v) is 7.26. The van der Waals surface area contributed by atoms with Crippen molar-refractivity contribution in [2.24, 2.45) is 0 Å². The van der Waals surface area contributed by atoms with Gasteiger partial charge in [-0.1, -0.05) is 30.3 Å². The van der Waals surface area contributed by atoms with Crippen LogP contribution in [0.5, 0.6) is 0 Å². The van der Waals surface area contributed by atoms with Crippen LogP contribution >= 0.6 is 0 Å². The fourth-order valence-electron chi connectivity index (χ4n) is 3.58. The van der Waals surface area contributed by atoms with Gasteiger partial charge in [0.1, 0.15) is 12.1 Å². The first-order chi connectivity index (χ1) is 14.6. The highest BCUT2D eigenvalue weighted by Crippen LogP contribution is 2.30. The van der Waals surface area contributed by atoms with E-state index in [1.807, 2.05) is 30.3 Å². The number of benzene rings is 2. The highest BCUT2D eigenvalue weighted by Gasteiger charge is 2.28. The van der Waals surface area contributed by atoms with Gasteiger partial charge >= 0.3 is 12.1 Å². The third kappa shape index (κ3) is 4.45. The van der Waals surface area contributed by atoms with E-state index in [1.165, 1.54) is 0 Å². The van der Waals surface area contributed by atoms with Crippen LogP contribution in [-0.2, 0) is 16.1 Å². The van der Waals surface area contributed by atoms with Gasteiger partial charge in [0.25, 0.3) is 0 Å². The molecule has 156 valence electrons. The molecule has 1 amide bonds. The smallest absolute Gasteiger partial charge is 0.410 e. The molecule has 0 N–H and O–H groups in total. The number of aromatic nitrogens is 1. The van der Waals surface area contributed by atoms with Crippen LogP contribution in [0.4, 0.5) is 4.79 Å². The molecule has 1 aliphatic rings. The number of rotatable bonds is 5. The van der Waals surface area contributed by atoms with E-state index < -0.39 is 0 Å². The maximum atomic E-state index is 12.3. The number of carbonyl (C=O) groups excluding carboxylic acids is 2. The second-order valence-electron chi connectivity index (χ2n) is 7.26. The van der Waals surface area contributed by atoms with E-state index in [1.54, 1.807) is 30.0 Å². The van der Waals surface area contributed by atoms with E-state index in [0.29, 0.717) is 42.3 Å². The van der Waals surface area contributed by atoms with Crippen molar-refractivity contribution < 1.29 is 23.5 Å². The van der Waals surface area contributed by atoms with Crippen LogP contribution in [0.1, 0.15) is 47.5 Å². The van der Waals surface area contributed by atoms with Gasteiger partial charge in [-0.25, -0.2) is 14.6 Å². The Kier molecular flexibility index (Phi) is 5.97. The number of amides is 1. The Bertz CT molecular complexity index is 1020. The number of fused-ring (bicyclic) bond motifs is 1. The molecule has 0 aliphatic carbocycles. The lowest BCUT2D eigenvalue weighted by Crippen LogP contribution is -2.38. The normalized spacial score (nSPS) is 14.6. The summed E-state index contributed by atoms with van der Waals surface area (Å²) in [6, 6.07) is 14.8. The molecule has 1 fully saturated rings. The number of piperidine rings is 1. The lowest BCUT2D eigenvalue weighted by Gasteiger charge is -2.29.